The van der Waals surface area contributed by atoms with Gasteiger partial charge in [0, 0.05) is 23.6 Å². The first-order valence-electron chi connectivity index (χ1n) is 5.52. The van der Waals surface area contributed by atoms with Gasteiger partial charge in [0.1, 0.15) is 5.75 Å². The van der Waals surface area contributed by atoms with E-state index in [9.17, 15) is 4.79 Å². The second-order valence-electron chi connectivity index (χ2n) is 4.42. The van der Waals surface area contributed by atoms with Crippen LogP contribution in [0.2, 0.25) is 0 Å². The van der Waals surface area contributed by atoms with Crippen molar-refractivity contribution in [2.75, 3.05) is 13.7 Å². The zero-order chi connectivity index (χ0) is 11.9. The van der Waals surface area contributed by atoms with E-state index in [1.807, 2.05) is 19.9 Å². The molecule has 1 aliphatic heterocycles. The molecular weight excluding hydrogens is 202 g/mol. The summed E-state index contributed by atoms with van der Waals surface area (Å²) >= 11 is 0. The average molecular weight is 219 g/mol. The van der Waals surface area contributed by atoms with Gasteiger partial charge in [-0.1, -0.05) is 6.92 Å². The van der Waals surface area contributed by atoms with Crippen molar-refractivity contribution in [1.82, 2.24) is 5.32 Å². The number of fused-ring (bicyclic) bond motifs is 1. The van der Waals surface area contributed by atoms with Crippen molar-refractivity contribution in [3.63, 3.8) is 0 Å². The van der Waals surface area contributed by atoms with Crippen molar-refractivity contribution in [3.05, 3.63) is 28.3 Å². The van der Waals surface area contributed by atoms with Crippen LogP contribution in [0.25, 0.3) is 0 Å². The molecule has 0 aromatic heterocycles. The van der Waals surface area contributed by atoms with Crippen molar-refractivity contribution in [1.29, 1.82) is 0 Å². The summed E-state index contributed by atoms with van der Waals surface area (Å²) in [7, 11) is 1.66. The van der Waals surface area contributed by atoms with Gasteiger partial charge in [0.2, 0.25) is 0 Å². The van der Waals surface area contributed by atoms with Crippen LogP contribution in [0.1, 0.15) is 39.9 Å². The lowest BCUT2D eigenvalue weighted by atomic mass is 9.86. The van der Waals surface area contributed by atoms with Gasteiger partial charge in [0.15, 0.2) is 0 Å². The molecule has 0 fully saturated rings. The molecule has 1 aromatic rings. The molecule has 0 bridgehead atoms. The largest absolute Gasteiger partial charge is 0.496 e. The first-order valence-corrected chi connectivity index (χ1v) is 5.52. The average Bonchev–Trinajstić information content (AvgIpc) is 2.27. The van der Waals surface area contributed by atoms with E-state index in [0.717, 1.165) is 28.0 Å². The Morgan fingerprint density at radius 3 is 2.75 bits per heavy atom. The predicted octanol–water partition coefficient (Wildman–Crippen LogP) is 2.16. The quantitative estimate of drug-likeness (QED) is 0.786. The minimum Gasteiger partial charge on any atom is -0.496 e. The Labute approximate surface area is 95.8 Å². The normalized spacial score (nSPS) is 19.0. The summed E-state index contributed by atoms with van der Waals surface area (Å²) in [6.07, 6.45) is 0. The van der Waals surface area contributed by atoms with Gasteiger partial charge in [-0.2, -0.15) is 0 Å². The number of ether oxygens (including phenoxy) is 1. The lowest BCUT2D eigenvalue weighted by Crippen LogP contribution is -2.35. The summed E-state index contributed by atoms with van der Waals surface area (Å²) in [5.74, 6) is 1.16. The molecule has 0 aliphatic carbocycles. The molecule has 16 heavy (non-hydrogen) atoms. The smallest absolute Gasteiger partial charge is 0.252 e. The fourth-order valence-corrected chi connectivity index (χ4v) is 2.29. The number of benzene rings is 1. The molecule has 1 amide bonds. The van der Waals surface area contributed by atoms with E-state index in [1.54, 1.807) is 7.11 Å². The zero-order valence-electron chi connectivity index (χ0n) is 10.2. The molecule has 2 rings (SSSR count). The van der Waals surface area contributed by atoms with Crippen molar-refractivity contribution in [2.24, 2.45) is 0 Å². The standard InChI is InChI=1S/C13H17NO2/c1-7-5-10(16-4)11-8(2)6-14-13(15)12(11)9(7)3/h5,8H,6H2,1-4H3,(H,14,15). The van der Waals surface area contributed by atoms with Gasteiger partial charge >= 0.3 is 0 Å². The van der Waals surface area contributed by atoms with Crippen molar-refractivity contribution in [2.45, 2.75) is 26.7 Å². The third-order valence-corrected chi connectivity index (χ3v) is 3.36. The summed E-state index contributed by atoms with van der Waals surface area (Å²) < 4.78 is 5.39. The Balaban J connectivity index is 2.75. The van der Waals surface area contributed by atoms with Crippen LogP contribution in [0.15, 0.2) is 6.07 Å². The SMILES string of the molecule is COc1cc(C)c(C)c2c1C(C)CNC2=O. The van der Waals surface area contributed by atoms with Gasteiger partial charge in [-0.3, -0.25) is 4.79 Å². The molecule has 0 saturated carbocycles. The summed E-state index contributed by atoms with van der Waals surface area (Å²) in [5, 5.41) is 2.91. The second kappa shape index (κ2) is 3.81. The molecule has 1 atom stereocenters. The molecule has 86 valence electrons. The summed E-state index contributed by atoms with van der Waals surface area (Å²) in [6.45, 7) is 6.79. The van der Waals surface area contributed by atoms with Crippen LogP contribution in [0, 0.1) is 13.8 Å². The minimum absolute atomic E-state index is 0.0209. The van der Waals surface area contributed by atoms with Crippen LogP contribution in [-0.2, 0) is 0 Å². The molecule has 1 unspecified atom stereocenters. The number of aryl methyl sites for hydroxylation is 1. The van der Waals surface area contributed by atoms with Crippen LogP contribution in [0.5, 0.6) is 5.75 Å². The predicted molar refractivity (Wildman–Crippen MR) is 63.2 cm³/mol. The number of hydrogen-bond donors (Lipinski definition) is 1. The molecule has 0 spiro atoms. The molecule has 1 aromatic carbocycles. The zero-order valence-corrected chi connectivity index (χ0v) is 10.2. The fourth-order valence-electron chi connectivity index (χ4n) is 2.29. The van der Waals surface area contributed by atoms with Gasteiger partial charge < -0.3 is 10.1 Å². The molecule has 3 nitrogen and oxygen atoms in total. The maximum atomic E-state index is 11.9. The third-order valence-electron chi connectivity index (χ3n) is 3.36. The number of carbonyl (C=O) groups is 1. The minimum atomic E-state index is 0.0209. The summed E-state index contributed by atoms with van der Waals surface area (Å²) in [6, 6.07) is 2.02. The first kappa shape index (κ1) is 11.0. The number of nitrogens with one attached hydrogen (secondary N) is 1. The van der Waals surface area contributed by atoms with E-state index in [0.29, 0.717) is 12.5 Å². The van der Waals surface area contributed by atoms with Crippen LogP contribution >= 0.6 is 0 Å². The van der Waals surface area contributed by atoms with Gasteiger partial charge in [-0.15, -0.1) is 0 Å². The van der Waals surface area contributed by atoms with Gasteiger partial charge in [-0.05, 0) is 31.0 Å². The van der Waals surface area contributed by atoms with Crippen LogP contribution in [-0.4, -0.2) is 19.6 Å². The molecule has 3 heteroatoms. The van der Waals surface area contributed by atoms with E-state index in [2.05, 4.69) is 12.2 Å². The van der Waals surface area contributed by atoms with E-state index in [1.165, 1.54) is 0 Å². The Morgan fingerprint density at radius 2 is 2.12 bits per heavy atom. The fraction of sp³-hybridized carbons (Fsp3) is 0.462. The Morgan fingerprint density at radius 1 is 1.44 bits per heavy atom. The highest BCUT2D eigenvalue weighted by Crippen LogP contribution is 2.35. The number of hydrogen-bond acceptors (Lipinski definition) is 2. The lowest BCUT2D eigenvalue weighted by Gasteiger charge is -2.27. The van der Waals surface area contributed by atoms with Gasteiger partial charge in [-0.25, -0.2) is 0 Å². The van der Waals surface area contributed by atoms with E-state index < -0.39 is 0 Å². The number of carbonyl (C=O) groups excluding carboxylic acids is 1. The highest BCUT2D eigenvalue weighted by molar-refractivity contribution is 5.99. The Hall–Kier alpha value is -1.51. The topological polar surface area (TPSA) is 38.3 Å². The van der Waals surface area contributed by atoms with E-state index in [-0.39, 0.29) is 5.91 Å². The van der Waals surface area contributed by atoms with Crippen molar-refractivity contribution >= 4 is 5.91 Å². The molecule has 1 N–H and O–H groups in total. The highest BCUT2D eigenvalue weighted by atomic mass is 16.5. The van der Waals surface area contributed by atoms with Gasteiger partial charge in [0.25, 0.3) is 5.91 Å². The molecular formula is C13H17NO2. The number of amides is 1. The summed E-state index contributed by atoms with van der Waals surface area (Å²) in [5.41, 5.74) is 4.00. The maximum absolute atomic E-state index is 11.9. The van der Waals surface area contributed by atoms with Crippen molar-refractivity contribution < 1.29 is 9.53 Å². The first-order chi connectivity index (χ1) is 7.56. The van der Waals surface area contributed by atoms with Crippen molar-refractivity contribution in [3.8, 4) is 5.75 Å². The second-order valence-corrected chi connectivity index (χ2v) is 4.42. The molecule has 1 aliphatic rings. The van der Waals surface area contributed by atoms with Crippen LogP contribution in [0.3, 0.4) is 0 Å². The van der Waals surface area contributed by atoms with Gasteiger partial charge in [0.05, 0.1) is 7.11 Å². The monoisotopic (exact) mass is 219 g/mol. The highest BCUT2D eigenvalue weighted by Gasteiger charge is 2.28. The molecule has 0 radical (unpaired) electrons. The third kappa shape index (κ3) is 1.47. The summed E-state index contributed by atoms with van der Waals surface area (Å²) in [4.78, 5) is 11.9. The molecule has 1 heterocycles. The van der Waals surface area contributed by atoms with Crippen LogP contribution in [0.4, 0.5) is 0 Å². The maximum Gasteiger partial charge on any atom is 0.252 e. The number of methoxy groups -OCH3 is 1. The molecule has 0 saturated heterocycles. The Kier molecular flexibility index (Phi) is 2.62. The van der Waals surface area contributed by atoms with E-state index >= 15 is 0 Å². The Bertz CT molecular complexity index is 452. The van der Waals surface area contributed by atoms with Crippen LogP contribution < -0.4 is 10.1 Å². The number of rotatable bonds is 1. The van der Waals surface area contributed by atoms with E-state index in [4.69, 9.17) is 4.74 Å². The lowest BCUT2D eigenvalue weighted by molar-refractivity contribution is 0.0939.